The number of rotatable bonds is 4. The van der Waals surface area contributed by atoms with Crippen LogP contribution in [-0.4, -0.2) is 34.3 Å². The van der Waals surface area contributed by atoms with E-state index in [4.69, 9.17) is 4.74 Å². The Morgan fingerprint density at radius 1 is 1.44 bits per heavy atom. The van der Waals surface area contributed by atoms with Gasteiger partial charge in [0.2, 0.25) is 5.88 Å². The molecule has 0 spiro atoms. The van der Waals surface area contributed by atoms with Gasteiger partial charge < -0.3 is 15.2 Å². The van der Waals surface area contributed by atoms with Gasteiger partial charge in [0.25, 0.3) is 0 Å². The van der Waals surface area contributed by atoms with Crippen molar-refractivity contribution < 1.29 is 9.84 Å². The highest BCUT2D eigenvalue weighted by atomic mass is 16.5. The molecule has 0 amide bonds. The number of nitrogens with one attached hydrogen (secondary N) is 1. The Balaban J connectivity index is 1.90. The Morgan fingerprint density at radius 3 is 2.83 bits per heavy atom. The summed E-state index contributed by atoms with van der Waals surface area (Å²) in [6, 6.07) is 1.73. The molecule has 1 aliphatic carbocycles. The minimum atomic E-state index is -0.606. The first-order valence-electron chi connectivity index (χ1n) is 6.44. The molecule has 1 fully saturated rings. The van der Waals surface area contributed by atoms with Gasteiger partial charge in [-0.1, -0.05) is 6.92 Å². The summed E-state index contributed by atoms with van der Waals surface area (Å²) in [5, 5.41) is 13.6. The first-order valence-corrected chi connectivity index (χ1v) is 6.44. The molecule has 0 radical (unpaired) electrons. The van der Waals surface area contributed by atoms with E-state index in [9.17, 15) is 5.11 Å². The Bertz CT molecular complexity index is 390. The maximum absolute atomic E-state index is 10.4. The summed E-state index contributed by atoms with van der Waals surface area (Å²) in [5.41, 5.74) is -0.606. The normalized spacial score (nSPS) is 27.8. The highest BCUT2D eigenvalue weighted by Gasteiger charge is 2.31. The summed E-state index contributed by atoms with van der Waals surface area (Å²) >= 11 is 0. The topological polar surface area (TPSA) is 67.3 Å². The number of ether oxygens (including phenoxy) is 1. The predicted octanol–water partition coefficient (Wildman–Crippen LogP) is 1.84. The van der Waals surface area contributed by atoms with Gasteiger partial charge in [-0.3, -0.25) is 0 Å². The van der Waals surface area contributed by atoms with E-state index in [-0.39, 0.29) is 0 Å². The van der Waals surface area contributed by atoms with Crippen molar-refractivity contribution in [1.82, 2.24) is 9.97 Å². The van der Waals surface area contributed by atoms with E-state index in [0.717, 1.165) is 31.6 Å². The number of methoxy groups -OCH3 is 1. The molecule has 1 heterocycles. The van der Waals surface area contributed by atoms with Crippen molar-refractivity contribution in [1.29, 1.82) is 0 Å². The van der Waals surface area contributed by atoms with E-state index in [1.807, 2.05) is 0 Å². The lowest BCUT2D eigenvalue weighted by atomic mass is 9.79. The standard InChI is InChI=1S/C13H21N3O2/c1-10-3-5-13(17,6-4-10)8-14-11-7-12(18-2)16-9-15-11/h7,9-10,17H,3-6,8H2,1-2H3,(H,14,15,16). The fourth-order valence-corrected chi connectivity index (χ4v) is 2.28. The van der Waals surface area contributed by atoms with Crippen molar-refractivity contribution in [2.45, 2.75) is 38.2 Å². The summed E-state index contributed by atoms with van der Waals surface area (Å²) in [4.78, 5) is 8.05. The monoisotopic (exact) mass is 251 g/mol. The first-order chi connectivity index (χ1) is 8.61. The van der Waals surface area contributed by atoms with E-state index in [1.54, 1.807) is 13.2 Å². The number of hydrogen-bond acceptors (Lipinski definition) is 5. The van der Waals surface area contributed by atoms with Crippen LogP contribution in [0, 0.1) is 5.92 Å². The lowest BCUT2D eigenvalue weighted by molar-refractivity contribution is 0.00494. The maximum atomic E-state index is 10.4. The van der Waals surface area contributed by atoms with E-state index in [2.05, 4.69) is 22.2 Å². The van der Waals surface area contributed by atoms with Gasteiger partial charge in [-0.05, 0) is 31.6 Å². The smallest absolute Gasteiger partial charge is 0.218 e. The highest BCUT2D eigenvalue weighted by Crippen LogP contribution is 2.31. The van der Waals surface area contributed by atoms with Crippen LogP contribution in [0.5, 0.6) is 5.88 Å². The Hall–Kier alpha value is -1.36. The molecule has 2 N–H and O–H groups in total. The van der Waals surface area contributed by atoms with Gasteiger partial charge in [0, 0.05) is 12.6 Å². The lowest BCUT2D eigenvalue weighted by Gasteiger charge is -2.35. The quantitative estimate of drug-likeness (QED) is 0.854. The van der Waals surface area contributed by atoms with E-state index < -0.39 is 5.60 Å². The third kappa shape index (κ3) is 3.32. The SMILES string of the molecule is COc1cc(NCC2(O)CCC(C)CC2)ncn1. The van der Waals surface area contributed by atoms with Gasteiger partial charge in [-0.15, -0.1) is 0 Å². The van der Waals surface area contributed by atoms with Crippen LogP contribution in [0.3, 0.4) is 0 Å². The molecule has 0 atom stereocenters. The van der Waals surface area contributed by atoms with Crippen LogP contribution in [0.1, 0.15) is 32.6 Å². The largest absolute Gasteiger partial charge is 0.481 e. The summed E-state index contributed by atoms with van der Waals surface area (Å²) in [6.45, 7) is 2.77. The molecule has 5 nitrogen and oxygen atoms in total. The van der Waals surface area contributed by atoms with Crippen LogP contribution in [0.4, 0.5) is 5.82 Å². The molecule has 2 rings (SSSR count). The van der Waals surface area contributed by atoms with Crippen LogP contribution in [0.25, 0.3) is 0 Å². The second-order valence-corrected chi connectivity index (χ2v) is 5.21. The molecule has 18 heavy (non-hydrogen) atoms. The van der Waals surface area contributed by atoms with Gasteiger partial charge in [0.15, 0.2) is 0 Å². The second-order valence-electron chi connectivity index (χ2n) is 5.21. The van der Waals surface area contributed by atoms with Gasteiger partial charge >= 0.3 is 0 Å². The van der Waals surface area contributed by atoms with E-state index >= 15 is 0 Å². The van der Waals surface area contributed by atoms with Crippen LogP contribution in [-0.2, 0) is 0 Å². The van der Waals surface area contributed by atoms with E-state index in [1.165, 1.54) is 6.33 Å². The van der Waals surface area contributed by atoms with Crippen LogP contribution in [0.15, 0.2) is 12.4 Å². The molecular weight excluding hydrogens is 230 g/mol. The molecule has 1 aromatic rings. The van der Waals surface area contributed by atoms with Crippen LogP contribution in [0.2, 0.25) is 0 Å². The average Bonchev–Trinajstić information content (AvgIpc) is 2.41. The Labute approximate surface area is 108 Å². The third-order valence-electron chi connectivity index (χ3n) is 3.65. The molecule has 0 aliphatic heterocycles. The maximum Gasteiger partial charge on any atom is 0.218 e. The summed E-state index contributed by atoms with van der Waals surface area (Å²) in [6.07, 6.45) is 5.33. The minimum absolute atomic E-state index is 0.525. The lowest BCUT2D eigenvalue weighted by Crippen LogP contribution is -2.40. The van der Waals surface area contributed by atoms with Crippen molar-refractivity contribution in [3.05, 3.63) is 12.4 Å². The Kier molecular flexibility index (Phi) is 4.01. The van der Waals surface area contributed by atoms with Crippen LogP contribution >= 0.6 is 0 Å². The van der Waals surface area contributed by atoms with Crippen LogP contribution < -0.4 is 10.1 Å². The summed E-state index contributed by atoms with van der Waals surface area (Å²) in [7, 11) is 1.57. The Morgan fingerprint density at radius 2 is 2.17 bits per heavy atom. The number of anilines is 1. The molecule has 0 aromatic carbocycles. The van der Waals surface area contributed by atoms with Gasteiger partial charge in [0.05, 0.1) is 12.7 Å². The number of hydrogen-bond donors (Lipinski definition) is 2. The molecule has 1 saturated carbocycles. The van der Waals surface area contributed by atoms with E-state index in [0.29, 0.717) is 18.2 Å². The number of aromatic nitrogens is 2. The first kappa shape index (κ1) is 13.1. The number of nitrogens with zero attached hydrogens (tertiary/aromatic N) is 2. The average molecular weight is 251 g/mol. The van der Waals surface area contributed by atoms with Gasteiger partial charge in [0.1, 0.15) is 12.1 Å². The molecule has 0 unspecified atom stereocenters. The zero-order chi connectivity index (χ0) is 13.0. The molecule has 1 aromatic heterocycles. The molecule has 100 valence electrons. The highest BCUT2D eigenvalue weighted by molar-refractivity contribution is 5.37. The fraction of sp³-hybridized carbons (Fsp3) is 0.692. The molecule has 5 heteroatoms. The predicted molar refractivity (Wildman–Crippen MR) is 69.7 cm³/mol. The molecule has 0 saturated heterocycles. The van der Waals surface area contributed by atoms with Crippen molar-refractivity contribution in [3.8, 4) is 5.88 Å². The third-order valence-corrected chi connectivity index (χ3v) is 3.65. The van der Waals surface area contributed by atoms with Crippen molar-refractivity contribution in [3.63, 3.8) is 0 Å². The zero-order valence-corrected chi connectivity index (χ0v) is 11.0. The van der Waals surface area contributed by atoms with Crippen molar-refractivity contribution in [2.75, 3.05) is 19.0 Å². The molecular formula is C13H21N3O2. The molecule has 0 bridgehead atoms. The zero-order valence-electron chi connectivity index (χ0n) is 11.0. The van der Waals surface area contributed by atoms with Gasteiger partial charge in [-0.25, -0.2) is 9.97 Å². The molecule has 1 aliphatic rings. The summed E-state index contributed by atoms with van der Waals surface area (Å²) < 4.78 is 5.03. The van der Waals surface area contributed by atoms with Crippen molar-refractivity contribution in [2.24, 2.45) is 5.92 Å². The fourth-order valence-electron chi connectivity index (χ4n) is 2.28. The van der Waals surface area contributed by atoms with Gasteiger partial charge in [-0.2, -0.15) is 0 Å². The second kappa shape index (κ2) is 5.52. The number of aliphatic hydroxyl groups is 1. The van der Waals surface area contributed by atoms with Crippen molar-refractivity contribution >= 4 is 5.82 Å². The summed E-state index contributed by atoms with van der Waals surface area (Å²) in [5.74, 6) is 1.94. The minimum Gasteiger partial charge on any atom is -0.481 e.